The third-order valence-corrected chi connectivity index (χ3v) is 6.64. The number of thiophene rings is 1. The number of aromatic nitrogens is 1. The van der Waals surface area contributed by atoms with Crippen LogP contribution in [0.4, 0.5) is 0 Å². The number of amides is 1. The van der Waals surface area contributed by atoms with Crippen LogP contribution in [0.5, 0.6) is 0 Å². The van der Waals surface area contributed by atoms with Gasteiger partial charge in [0.1, 0.15) is 0 Å². The Bertz CT molecular complexity index is 790. The number of halogens is 2. The number of hydrogen-bond donors (Lipinski definition) is 2. The number of nitrogens with zero attached hydrogens (tertiary/aromatic N) is 2. The van der Waals surface area contributed by atoms with Gasteiger partial charge in [0.25, 0.3) is 5.91 Å². The largest absolute Gasteiger partial charge is 0.350 e. The standard InChI is InChI=1S/C21H28N4OS.2ClH/c1-2-15-5-6-17(23-10-15)12-25-9-7-18-19(14-27-20(18)13-25)21(26)24-11-16-4-3-8-22-16;;/h5-6,10,14,16,22H,2-4,7-9,11-13H2,1H3,(H,24,26);2*1H/t16-;;/m0../s1. The maximum atomic E-state index is 12.6. The van der Waals surface area contributed by atoms with Gasteiger partial charge in [-0.05, 0) is 49.4 Å². The Labute approximate surface area is 189 Å². The molecule has 8 heteroatoms. The van der Waals surface area contributed by atoms with Crippen molar-refractivity contribution in [3.63, 3.8) is 0 Å². The van der Waals surface area contributed by atoms with Crippen molar-refractivity contribution in [2.24, 2.45) is 0 Å². The number of nitrogens with one attached hydrogen (secondary N) is 2. The molecule has 2 aliphatic rings. The maximum Gasteiger partial charge on any atom is 0.252 e. The monoisotopic (exact) mass is 456 g/mol. The lowest BCUT2D eigenvalue weighted by Crippen LogP contribution is -2.37. The number of pyridine rings is 1. The molecule has 5 nitrogen and oxygen atoms in total. The van der Waals surface area contributed by atoms with E-state index in [2.05, 4.69) is 39.6 Å². The van der Waals surface area contributed by atoms with Gasteiger partial charge in [-0.15, -0.1) is 36.2 Å². The second kappa shape index (κ2) is 11.3. The SMILES string of the molecule is CCc1ccc(CN2CCc3c(C(=O)NC[C@@H]4CCCN4)csc3C2)nc1.Cl.Cl. The average molecular weight is 457 g/mol. The van der Waals surface area contributed by atoms with Gasteiger partial charge in [0.05, 0.1) is 11.3 Å². The fraction of sp³-hybridized carbons (Fsp3) is 0.524. The molecule has 0 spiro atoms. The van der Waals surface area contributed by atoms with Crippen LogP contribution in [-0.4, -0.2) is 41.5 Å². The predicted molar refractivity (Wildman–Crippen MR) is 124 cm³/mol. The fourth-order valence-corrected chi connectivity index (χ4v) is 5.06. The summed E-state index contributed by atoms with van der Waals surface area (Å²) < 4.78 is 0. The van der Waals surface area contributed by atoms with Crippen LogP contribution in [0.3, 0.4) is 0 Å². The summed E-state index contributed by atoms with van der Waals surface area (Å²) in [6.07, 6.45) is 6.31. The van der Waals surface area contributed by atoms with Crippen LogP contribution >= 0.6 is 36.2 Å². The first-order valence-corrected chi connectivity index (χ1v) is 10.9. The smallest absolute Gasteiger partial charge is 0.252 e. The second-order valence-electron chi connectivity index (χ2n) is 7.53. The normalized spacial score (nSPS) is 18.4. The van der Waals surface area contributed by atoms with E-state index >= 15 is 0 Å². The van der Waals surface area contributed by atoms with Crippen LogP contribution in [0.1, 0.15) is 51.8 Å². The van der Waals surface area contributed by atoms with Crippen molar-refractivity contribution >= 4 is 42.1 Å². The van der Waals surface area contributed by atoms with E-state index in [4.69, 9.17) is 0 Å². The summed E-state index contributed by atoms with van der Waals surface area (Å²) in [5, 5.41) is 8.59. The zero-order chi connectivity index (χ0) is 18.6. The molecule has 29 heavy (non-hydrogen) atoms. The average Bonchev–Trinajstić information content (AvgIpc) is 3.36. The van der Waals surface area contributed by atoms with E-state index in [1.807, 2.05) is 11.6 Å². The number of hydrogen-bond acceptors (Lipinski definition) is 5. The minimum absolute atomic E-state index is 0. The van der Waals surface area contributed by atoms with Crippen molar-refractivity contribution in [3.8, 4) is 0 Å². The number of carbonyl (C=O) groups excluding carboxylic acids is 1. The molecule has 0 saturated carbocycles. The molecule has 160 valence electrons. The Morgan fingerprint density at radius 1 is 1.38 bits per heavy atom. The van der Waals surface area contributed by atoms with Gasteiger partial charge in [-0.25, -0.2) is 0 Å². The summed E-state index contributed by atoms with van der Waals surface area (Å²) in [6.45, 7) is 6.71. The summed E-state index contributed by atoms with van der Waals surface area (Å²) >= 11 is 1.72. The molecule has 0 aromatic carbocycles. The quantitative estimate of drug-likeness (QED) is 0.696. The van der Waals surface area contributed by atoms with Gasteiger partial charge in [0, 0.05) is 48.7 Å². The van der Waals surface area contributed by atoms with Crippen molar-refractivity contribution < 1.29 is 4.79 Å². The van der Waals surface area contributed by atoms with Crippen molar-refractivity contribution in [2.45, 2.75) is 51.7 Å². The van der Waals surface area contributed by atoms with E-state index in [-0.39, 0.29) is 30.7 Å². The highest BCUT2D eigenvalue weighted by molar-refractivity contribution is 7.10. The van der Waals surface area contributed by atoms with Crippen LogP contribution in [0, 0.1) is 0 Å². The van der Waals surface area contributed by atoms with Gasteiger partial charge >= 0.3 is 0 Å². The Morgan fingerprint density at radius 2 is 2.24 bits per heavy atom. The number of aryl methyl sites for hydroxylation is 1. The van der Waals surface area contributed by atoms with E-state index < -0.39 is 0 Å². The molecule has 2 aromatic rings. The summed E-state index contributed by atoms with van der Waals surface area (Å²) in [6, 6.07) is 4.74. The van der Waals surface area contributed by atoms with Crippen molar-refractivity contribution in [3.05, 3.63) is 51.0 Å². The molecule has 0 aliphatic carbocycles. The highest BCUT2D eigenvalue weighted by atomic mass is 35.5. The molecule has 0 unspecified atom stereocenters. The van der Waals surface area contributed by atoms with Crippen LogP contribution in [0.25, 0.3) is 0 Å². The first-order chi connectivity index (χ1) is 13.2. The third kappa shape index (κ3) is 5.92. The molecule has 0 radical (unpaired) electrons. The summed E-state index contributed by atoms with van der Waals surface area (Å²) in [7, 11) is 0. The first-order valence-electron chi connectivity index (χ1n) is 10.00. The number of rotatable bonds is 6. The summed E-state index contributed by atoms with van der Waals surface area (Å²) in [5.41, 5.74) is 4.54. The molecule has 2 N–H and O–H groups in total. The lowest BCUT2D eigenvalue weighted by molar-refractivity contribution is 0.0949. The van der Waals surface area contributed by atoms with Gasteiger partial charge in [0.2, 0.25) is 0 Å². The minimum Gasteiger partial charge on any atom is -0.350 e. The van der Waals surface area contributed by atoms with E-state index in [1.165, 1.54) is 22.4 Å². The zero-order valence-corrected chi connectivity index (χ0v) is 19.2. The van der Waals surface area contributed by atoms with Gasteiger partial charge < -0.3 is 10.6 Å². The maximum absolute atomic E-state index is 12.6. The topological polar surface area (TPSA) is 57.3 Å². The second-order valence-corrected chi connectivity index (χ2v) is 8.49. The molecule has 1 saturated heterocycles. The molecule has 4 heterocycles. The molecular weight excluding hydrogens is 427 g/mol. The van der Waals surface area contributed by atoms with E-state index in [0.717, 1.165) is 63.2 Å². The Balaban J connectivity index is 0.00000150. The predicted octanol–water partition coefficient (Wildman–Crippen LogP) is 3.59. The lowest BCUT2D eigenvalue weighted by Gasteiger charge is -2.27. The number of fused-ring (bicyclic) bond motifs is 1. The van der Waals surface area contributed by atoms with Gasteiger partial charge in [-0.1, -0.05) is 13.0 Å². The Hall–Kier alpha value is -1.18. The first kappa shape index (κ1) is 24.1. The highest BCUT2D eigenvalue weighted by Crippen LogP contribution is 2.29. The van der Waals surface area contributed by atoms with Crippen molar-refractivity contribution in [1.82, 2.24) is 20.5 Å². The minimum atomic E-state index is 0. The molecule has 1 amide bonds. The van der Waals surface area contributed by atoms with Crippen molar-refractivity contribution in [2.75, 3.05) is 19.6 Å². The molecule has 1 fully saturated rings. The molecule has 0 bridgehead atoms. The molecule has 1 atom stereocenters. The van der Waals surface area contributed by atoms with Gasteiger partial charge in [-0.3, -0.25) is 14.7 Å². The summed E-state index contributed by atoms with van der Waals surface area (Å²) in [4.78, 5) is 21.0. The number of carbonyl (C=O) groups is 1. The molecule has 2 aromatic heterocycles. The van der Waals surface area contributed by atoms with Crippen LogP contribution in [0.2, 0.25) is 0 Å². The Morgan fingerprint density at radius 3 is 2.93 bits per heavy atom. The van der Waals surface area contributed by atoms with Crippen LogP contribution in [0.15, 0.2) is 23.7 Å². The lowest BCUT2D eigenvalue weighted by atomic mass is 10.0. The van der Waals surface area contributed by atoms with Crippen molar-refractivity contribution in [1.29, 1.82) is 0 Å². The Kier molecular flexibility index (Phi) is 9.37. The molecular formula is C21H30Cl2N4OS. The third-order valence-electron chi connectivity index (χ3n) is 5.62. The van der Waals surface area contributed by atoms with Crippen LogP contribution in [-0.2, 0) is 25.9 Å². The summed E-state index contributed by atoms with van der Waals surface area (Å²) in [5.74, 6) is 0.0893. The van der Waals surface area contributed by atoms with Crippen LogP contribution < -0.4 is 10.6 Å². The molecule has 2 aliphatic heterocycles. The van der Waals surface area contributed by atoms with Gasteiger partial charge in [0.15, 0.2) is 0 Å². The van der Waals surface area contributed by atoms with E-state index in [1.54, 1.807) is 11.3 Å². The van der Waals surface area contributed by atoms with E-state index in [0.29, 0.717) is 6.04 Å². The fourth-order valence-electron chi connectivity index (χ4n) is 3.94. The zero-order valence-electron chi connectivity index (χ0n) is 16.8. The van der Waals surface area contributed by atoms with Gasteiger partial charge in [-0.2, -0.15) is 0 Å². The van der Waals surface area contributed by atoms with E-state index in [9.17, 15) is 4.79 Å². The highest BCUT2D eigenvalue weighted by Gasteiger charge is 2.24. The molecule has 4 rings (SSSR count).